The number of amides is 3. The standard InChI is InChI=1S/C16H16FN3O3/c17-13-9-5-4-8-12(13)14(21)10-18-16(23)20-19-15(22)11-6-2-1-3-7-11/h1-9,14,21H,10H2,(H,19,22)(H2,18,20,23). The molecule has 23 heavy (non-hydrogen) atoms. The van der Waals surface area contributed by atoms with Crippen LogP contribution in [0.15, 0.2) is 54.6 Å². The van der Waals surface area contributed by atoms with Crippen LogP contribution in [0.4, 0.5) is 9.18 Å². The Morgan fingerprint density at radius 3 is 2.35 bits per heavy atom. The lowest BCUT2D eigenvalue weighted by Gasteiger charge is -2.14. The monoisotopic (exact) mass is 317 g/mol. The number of hydrogen-bond acceptors (Lipinski definition) is 3. The van der Waals surface area contributed by atoms with Gasteiger partial charge in [0.05, 0.1) is 6.10 Å². The maximum atomic E-state index is 13.5. The number of aliphatic hydroxyl groups is 1. The Kier molecular flexibility index (Phi) is 5.65. The molecule has 0 saturated heterocycles. The fourth-order valence-electron chi connectivity index (χ4n) is 1.86. The third-order valence-corrected chi connectivity index (χ3v) is 3.05. The molecular formula is C16H16FN3O3. The van der Waals surface area contributed by atoms with Crippen LogP contribution in [-0.2, 0) is 0 Å². The number of nitrogens with one attached hydrogen (secondary N) is 3. The van der Waals surface area contributed by atoms with Gasteiger partial charge in [-0.15, -0.1) is 0 Å². The summed E-state index contributed by atoms with van der Waals surface area (Å²) >= 11 is 0. The molecule has 2 aromatic carbocycles. The number of urea groups is 1. The molecule has 2 rings (SSSR count). The van der Waals surface area contributed by atoms with Gasteiger partial charge in [-0.1, -0.05) is 36.4 Å². The first kappa shape index (κ1) is 16.4. The van der Waals surface area contributed by atoms with E-state index in [4.69, 9.17) is 0 Å². The second kappa shape index (κ2) is 7.90. The highest BCUT2D eigenvalue weighted by molar-refractivity contribution is 5.95. The van der Waals surface area contributed by atoms with Gasteiger partial charge in [0.15, 0.2) is 0 Å². The van der Waals surface area contributed by atoms with Gasteiger partial charge in [-0.2, -0.15) is 0 Å². The molecule has 6 nitrogen and oxygen atoms in total. The van der Waals surface area contributed by atoms with Crippen LogP contribution in [0.25, 0.3) is 0 Å². The quantitative estimate of drug-likeness (QED) is 0.644. The summed E-state index contributed by atoms with van der Waals surface area (Å²) in [7, 11) is 0. The van der Waals surface area contributed by atoms with Gasteiger partial charge < -0.3 is 10.4 Å². The zero-order chi connectivity index (χ0) is 16.7. The van der Waals surface area contributed by atoms with Crippen molar-refractivity contribution in [2.45, 2.75) is 6.10 Å². The maximum absolute atomic E-state index is 13.5. The molecule has 0 radical (unpaired) electrons. The summed E-state index contributed by atoms with van der Waals surface area (Å²) in [5, 5.41) is 12.2. The first-order chi connectivity index (χ1) is 11.1. The average molecular weight is 317 g/mol. The minimum Gasteiger partial charge on any atom is -0.386 e. The number of hydrogen-bond donors (Lipinski definition) is 4. The number of halogens is 1. The van der Waals surface area contributed by atoms with E-state index in [1.807, 2.05) is 0 Å². The Hall–Kier alpha value is -2.93. The molecule has 0 aliphatic rings. The average Bonchev–Trinajstić information content (AvgIpc) is 2.58. The summed E-state index contributed by atoms with van der Waals surface area (Å²) in [6.07, 6.45) is -1.19. The van der Waals surface area contributed by atoms with Gasteiger partial charge in [-0.3, -0.25) is 10.2 Å². The lowest BCUT2D eigenvalue weighted by atomic mass is 10.1. The van der Waals surface area contributed by atoms with E-state index in [1.54, 1.807) is 36.4 Å². The lowest BCUT2D eigenvalue weighted by Crippen LogP contribution is -2.47. The third-order valence-electron chi connectivity index (χ3n) is 3.05. The third kappa shape index (κ3) is 4.79. The largest absolute Gasteiger partial charge is 0.386 e. The molecular weight excluding hydrogens is 301 g/mol. The van der Waals surface area contributed by atoms with E-state index in [2.05, 4.69) is 16.2 Å². The summed E-state index contributed by atoms with van der Waals surface area (Å²) in [6, 6.07) is 13.4. The van der Waals surface area contributed by atoms with Crippen molar-refractivity contribution in [1.82, 2.24) is 16.2 Å². The molecule has 0 fully saturated rings. The summed E-state index contributed by atoms with van der Waals surface area (Å²) < 4.78 is 13.5. The van der Waals surface area contributed by atoms with E-state index >= 15 is 0 Å². The van der Waals surface area contributed by atoms with Crippen LogP contribution in [0.1, 0.15) is 22.0 Å². The molecule has 120 valence electrons. The molecule has 0 aliphatic carbocycles. The van der Waals surface area contributed by atoms with Crippen molar-refractivity contribution in [3.63, 3.8) is 0 Å². The molecule has 2 aromatic rings. The van der Waals surface area contributed by atoms with Crippen LogP contribution in [0, 0.1) is 5.82 Å². The molecule has 7 heteroatoms. The van der Waals surface area contributed by atoms with E-state index < -0.39 is 23.9 Å². The molecule has 4 N–H and O–H groups in total. The molecule has 0 aliphatic heterocycles. The number of benzene rings is 2. The van der Waals surface area contributed by atoms with Crippen molar-refractivity contribution in [3.8, 4) is 0 Å². The topological polar surface area (TPSA) is 90.5 Å². The lowest BCUT2D eigenvalue weighted by molar-refractivity contribution is 0.0935. The predicted molar refractivity (Wildman–Crippen MR) is 81.8 cm³/mol. The highest BCUT2D eigenvalue weighted by Crippen LogP contribution is 2.15. The fourth-order valence-corrected chi connectivity index (χ4v) is 1.86. The molecule has 0 heterocycles. The van der Waals surface area contributed by atoms with Gasteiger partial charge in [0.2, 0.25) is 0 Å². The second-order valence-corrected chi connectivity index (χ2v) is 4.69. The Labute approximate surface area is 132 Å². The van der Waals surface area contributed by atoms with Crippen LogP contribution < -0.4 is 16.2 Å². The highest BCUT2D eigenvalue weighted by atomic mass is 19.1. The smallest absolute Gasteiger partial charge is 0.333 e. The number of carbonyl (C=O) groups excluding carboxylic acids is 2. The molecule has 1 unspecified atom stereocenters. The molecule has 0 aromatic heterocycles. The molecule has 0 saturated carbocycles. The van der Waals surface area contributed by atoms with Crippen LogP contribution >= 0.6 is 0 Å². The van der Waals surface area contributed by atoms with Gasteiger partial charge in [0.25, 0.3) is 5.91 Å². The van der Waals surface area contributed by atoms with Crippen LogP contribution in [0.3, 0.4) is 0 Å². The van der Waals surface area contributed by atoms with Crippen molar-refractivity contribution >= 4 is 11.9 Å². The van der Waals surface area contributed by atoms with E-state index in [0.717, 1.165) is 0 Å². The molecule has 0 bridgehead atoms. The molecule has 0 spiro atoms. The molecule has 1 atom stereocenters. The zero-order valence-electron chi connectivity index (χ0n) is 12.1. The number of carbonyl (C=O) groups is 2. The number of rotatable bonds is 4. The highest BCUT2D eigenvalue weighted by Gasteiger charge is 2.13. The van der Waals surface area contributed by atoms with E-state index in [0.29, 0.717) is 5.56 Å². The van der Waals surface area contributed by atoms with Crippen molar-refractivity contribution in [3.05, 3.63) is 71.5 Å². The Bertz CT molecular complexity index is 679. The van der Waals surface area contributed by atoms with Gasteiger partial charge in [-0.25, -0.2) is 14.6 Å². The fraction of sp³-hybridized carbons (Fsp3) is 0.125. The molecule has 3 amide bonds. The Balaban J connectivity index is 1.77. The summed E-state index contributed by atoms with van der Waals surface area (Å²) in [4.78, 5) is 23.3. The van der Waals surface area contributed by atoms with Gasteiger partial charge >= 0.3 is 6.03 Å². The van der Waals surface area contributed by atoms with Crippen molar-refractivity contribution in [1.29, 1.82) is 0 Å². The summed E-state index contributed by atoms with van der Waals surface area (Å²) in [5.74, 6) is -1.03. The van der Waals surface area contributed by atoms with Crippen molar-refractivity contribution in [2.75, 3.05) is 6.54 Å². The van der Waals surface area contributed by atoms with E-state index in [-0.39, 0.29) is 12.1 Å². The van der Waals surface area contributed by atoms with Crippen LogP contribution in [0.2, 0.25) is 0 Å². The predicted octanol–water partition coefficient (Wildman–Crippen LogP) is 1.50. The zero-order valence-corrected chi connectivity index (χ0v) is 12.1. The van der Waals surface area contributed by atoms with Crippen molar-refractivity contribution < 1.29 is 19.1 Å². The maximum Gasteiger partial charge on any atom is 0.333 e. The number of hydrazine groups is 1. The minimum atomic E-state index is -1.19. The Morgan fingerprint density at radius 2 is 1.65 bits per heavy atom. The minimum absolute atomic E-state index is 0.0844. The summed E-state index contributed by atoms with van der Waals surface area (Å²) in [5.41, 5.74) is 4.84. The second-order valence-electron chi connectivity index (χ2n) is 4.69. The van der Waals surface area contributed by atoms with E-state index in [9.17, 15) is 19.1 Å². The number of aliphatic hydroxyl groups excluding tert-OH is 1. The van der Waals surface area contributed by atoms with Crippen molar-refractivity contribution in [2.24, 2.45) is 0 Å². The van der Waals surface area contributed by atoms with Crippen LogP contribution in [0.5, 0.6) is 0 Å². The first-order valence-corrected chi connectivity index (χ1v) is 6.89. The van der Waals surface area contributed by atoms with Gasteiger partial charge in [-0.05, 0) is 18.2 Å². The Morgan fingerprint density at radius 1 is 1.00 bits per heavy atom. The normalized spacial score (nSPS) is 11.4. The van der Waals surface area contributed by atoms with Gasteiger partial charge in [0, 0.05) is 17.7 Å². The van der Waals surface area contributed by atoms with E-state index in [1.165, 1.54) is 18.2 Å². The van der Waals surface area contributed by atoms with Crippen LogP contribution in [-0.4, -0.2) is 23.6 Å². The summed E-state index contributed by atoms with van der Waals surface area (Å²) in [6.45, 7) is -0.200. The SMILES string of the molecule is O=C(NCC(O)c1ccccc1F)NNC(=O)c1ccccc1. The van der Waals surface area contributed by atoms with Gasteiger partial charge in [0.1, 0.15) is 5.82 Å². The first-order valence-electron chi connectivity index (χ1n) is 6.89.